The van der Waals surface area contributed by atoms with E-state index in [-0.39, 0.29) is 17.5 Å². The topological polar surface area (TPSA) is 151 Å². The van der Waals surface area contributed by atoms with Gasteiger partial charge in [0.05, 0.1) is 23.5 Å². The minimum atomic E-state index is -4.18. The first-order chi connectivity index (χ1) is 13.2. The maximum absolute atomic E-state index is 13.0. The largest absolute Gasteiger partial charge is 0.481 e. The van der Waals surface area contributed by atoms with E-state index in [1.807, 2.05) is 0 Å². The fraction of sp³-hybridized carbons (Fsp3) is 0.412. The van der Waals surface area contributed by atoms with Crippen molar-refractivity contribution in [1.82, 2.24) is 15.1 Å². The lowest BCUT2D eigenvalue weighted by molar-refractivity contribution is -0.137. The number of piperazine rings is 1. The maximum Gasteiger partial charge on any atom is 0.263 e. The highest BCUT2D eigenvalue weighted by atomic mass is 32.2. The van der Waals surface area contributed by atoms with Crippen molar-refractivity contribution in [3.8, 4) is 17.6 Å². The lowest BCUT2D eigenvalue weighted by atomic mass is 10.1. The van der Waals surface area contributed by atoms with Gasteiger partial charge in [0.15, 0.2) is 0 Å². The van der Waals surface area contributed by atoms with E-state index in [9.17, 15) is 18.0 Å². The van der Waals surface area contributed by atoms with E-state index >= 15 is 0 Å². The molecule has 2 amide bonds. The van der Waals surface area contributed by atoms with Crippen LogP contribution in [-0.2, 0) is 19.6 Å². The Hall–Kier alpha value is -2.65. The van der Waals surface area contributed by atoms with Gasteiger partial charge in [-0.1, -0.05) is 11.8 Å². The van der Waals surface area contributed by atoms with Crippen LogP contribution < -0.4 is 21.3 Å². The second kappa shape index (κ2) is 9.03. The Morgan fingerprint density at radius 1 is 1.46 bits per heavy atom. The van der Waals surface area contributed by atoms with Crippen LogP contribution in [0.1, 0.15) is 13.8 Å². The number of benzene rings is 1. The van der Waals surface area contributed by atoms with Gasteiger partial charge in [0.1, 0.15) is 18.4 Å². The number of hydroxylamine groups is 1. The monoisotopic (exact) mass is 410 g/mol. The zero-order chi connectivity index (χ0) is 20.9. The fourth-order valence-corrected chi connectivity index (χ4v) is 4.31. The third-order valence-electron chi connectivity index (χ3n) is 3.92. The van der Waals surface area contributed by atoms with Crippen LogP contribution >= 0.6 is 0 Å². The number of rotatable bonds is 5. The van der Waals surface area contributed by atoms with Gasteiger partial charge in [-0.05, 0) is 38.1 Å². The second-order valence-electron chi connectivity index (χ2n) is 6.20. The molecule has 0 aromatic heterocycles. The minimum Gasteiger partial charge on any atom is -0.481 e. The predicted molar refractivity (Wildman–Crippen MR) is 98.6 cm³/mol. The predicted octanol–water partition coefficient (Wildman–Crippen LogP) is -1.20. The third-order valence-corrected chi connectivity index (χ3v) is 5.76. The third kappa shape index (κ3) is 4.99. The summed E-state index contributed by atoms with van der Waals surface area (Å²) in [6.07, 6.45) is 0. The van der Waals surface area contributed by atoms with Crippen molar-refractivity contribution in [1.29, 1.82) is 0 Å². The Balaban J connectivity index is 2.23. The molecule has 1 aromatic carbocycles. The van der Waals surface area contributed by atoms with E-state index in [0.717, 1.165) is 4.31 Å². The van der Waals surface area contributed by atoms with Crippen LogP contribution in [0.2, 0.25) is 0 Å². The van der Waals surface area contributed by atoms with E-state index < -0.39 is 40.5 Å². The van der Waals surface area contributed by atoms with Crippen LogP contribution in [0, 0.1) is 11.8 Å². The number of carbonyl (C=O) groups excluding carboxylic acids is 2. The van der Waals surface area contributed by atoms with Crippen molar-refractivity contribution >= 4 is 21.8 Å². The Bertz CT molecular complexity index is 888. The van der Waals surface area contributed by atoms with Crippen molar-refractivity contribution in [2.45, 2.75) is 36.9 Å². The summed E-state index contributed by atoms with van der Waals surface area (Å²) in [4.78, 5) is 23.6. The molecule has 1 saturated heterocycles. The first-order valence-corrected chi connectivity index (χ1v) is 9.83. The molecule has 152 valence electrons. The standard InChI is InChI=1S/C17H22N4O6S/c1-11(18)4-3-9-27-13-5-7-14(8-6-13)28(25,26)21-10-15(22)19-12(2)16(21)17(23)20-24/h5-8,11-12,16,24H,9-10,18H2,1-2H3,(H,19,22)(H,20,23). The van der Waals surface area contributed by atoms with Gasteiger partial charge in [0.2, 0.25) is 15.9 Å². The van der Waals surface area contributed by atoms with E-state index in [2.05, 4.69) is 17.2 Å². The van der Waals surface area contributed by atoms with Gasteiger partial charge >= 0.3 is 0 Å². The molecule has 1 aliphatic heterocycles. The first-order valence-electron chi connectivity index (χ1n) is 8.38. The Kier molecular flexibility index (Phi) is 6.98. The smallest absolute Gasteiger partial charge is 0.263 e. The van der Waals surface area contributed by atoms with E-state index in [1.165, 1.54) is 36.7 Å². The minimum absolute atomic E-state index is 0.0934. The van der Waals surface area contributed by atoms with Gasteiger partial charge in [-0.2, -0.15) is 4.31 Å². The molecule has 0 radical (unpaired) electrons. The molecule has 1 heterocycles. The molecule has 1 aliphatic rings. The highest BCUT2D eigenvalue weighted by Crippen LogP contribution is 2.24. The highest BCUT2D eigenvalue weighted by molar-refractivity contribution is 7.89. The maximum atomic E-state index is 13.0. The van der Waals surface area contributed by atoms with Crippen LogP contribution in [0.5, 0.6) is 5.75 Å². The summed E-state index contributed by atoms with van der Waals surface area (Å²) < 4.78 is 32.1. The number of nitrogens with two attached hydrogens (primary N) is 1. The number of nitrogens with zero attached hydrogens (tertiary/aromatic N) is 1. The molecule has 1 aromatic rings. The van der Waals surface area contributed by atoms with Crippen LogP contribution in [0.3, 0.4) is 0 Å². The molecule has 0 aliphatic carbocycles. The molecular weight excluding hydrogens is 388 g/mol. The lowest BCUT2D eigenvalue weighted by Crippen LogP contribution is -2.65. The molecule has 0 spiro atoms. The van der Waals surface area contributed by atoms with Gasteiger partial charge in [-0.25, -0.2) is 13.9 Å². The summed E-state index contributed by atoms with van der Waals surface area (Å²) in [5, 5.41) is 11.4. The summed E-state index contributed by atoms with van der Waals surface area (Å²) in [6.45, 7) is 2.75. The summed E-state index contributed by atoms with van der Waals surface area (Å²) in [7, 11) is -4.18. The normalized spacial score (nSPS) is 21.1. The quantitative estimate of drug-likeness (QED) is 0.270. The number of nitrogens with one attached hydrogen (secondary N) is 2. The molecular formula is C17H22N4O6S. The van der Waals surface area contributed by atoms with Crippen molar-refractivity contribution in [3.63, 3.8) is 0 Å². The van der Waals surface area contributed by atoms with Crippen LogP contribution in [0.4, 0.5) is 0 Å². The number of hydrogen-bond acceptors (Lipinski definition) is 7. The first kappa shape index (κ1) is 21.6. The van der Waals surface area contributed by atoms with Gasteiger partial charge in [0, 0.05) is 0 Å². The van der Waals surface area contributed by atoms with E-state index in [4.69, 9.17) is 15.7 Å². The Morgan fingerprint density at radius 3 is 2.68 bits per heavy atom. The van der Waals surface area contributed by atoms with Crippen molar-refractivity contribution in [3.05, 3.63) is 24.3 Å². The Labute approximate surface area is 163 Å². The van der Waals surface area contributed by atoms with Crippen LogP contribution in [0.15, 0.2) is 29.2 Å². The van der Waals surface area contributed by atoms with Crippen LogP contribution in [-0.4, -0.2) is 61.0 Å². The van der Waals surface area contributed by atoms with Gasteiger partial charge in [-0.3, -0.25) is 14.8 Å². The molecule has 3 unspecified atom stereocenters. The second-order valence-corrected chi connectivity index (χ2v) is 8.09. The highest BCUT2D eigenvalue weighted by Gasteiger charge is 2.44. The van der Waals surface area contributed by atoms with Crippen molar-refractivity contribution in [2.75, 3.05) is 13.2 Å². The van der Waals surface area contributed by atoms with Gasteiger partial charge < -0.3 is 15.8 Å². The van der Waals surface area contributed by atoms with E-state index in [0.29, 0.717) is 5.75 Å². The number of sulfonamides is 1. The molecule has 11 heteroatoms. The molecule has 28 heavy (non-hydrogen) atoms. The van der Waals surface area contributed by atoms with Crippen molar-refractivity contribution in [2.24, 2.45) is 5.73 Å². The summed E-state index contributed by atoms with van der Waals surface area (Å²) in [5.74, 6) is 4.36. The average molecular weight is 410 g/mol. The number of hydrogen-bond donors (Lipinski definition) is 4. The molecule has 0 bridgehead atoms. The summed E-state index contributed by atoms with van der Waals surface area (Å²) in [5.41, 5.74) is 6.94. The molecule has 5 N–H and O–H groups in total. The Morgan fingerprint density at radius 2 is 2.11 bits per heavy atom. The average Bonchev–Trinajstić information content (AvgIpc) is 2.64. The molecule has 0 saturated carbocycles. The number of amides is 2. The van der Waals surface area contributed by atoms with Crippen molar-refractivity contribution < 1.29 is 28.0 Å². The number of carbonyl (C=O) groups is 2. The van der Waals surface area contributed by atoms with Crippen LogP contribution in [0.25, 0.3) is 0 Å². The number of ether oxygens (including phenoxy) is 1. The van der Waals surface area contributed by atoms with Gasteiger partial charge in [-0.15, -0.1) is 0 Å². The molecule has 2 rings (SSSR count). The SMILES string of the molecule is CC(N)C#CCOc1ccc(S(=O)(=O)N2CC(=O)NC(C)C2C(=O)NO)cc1. The zero-order valence-electron chi connectivity index (χ0n) is 15.4. The fourth-order valence-electron chi connectivity index (χ4n) is 2.69. The summed E-state index contributed by atoms with van der Waals surface area (Å²) >= 11 is 0. The molecule has 3 atom stereocenters. The lowest BCUT2D eigenvalue weighted by Gasteiger charge is -2.37. The zero-order valence-corrected chi connectivity index (χ0v) is 16.2. The molecule has 10 nitrogen and oxygen atoms in total. The molecule has 1 fully saturated rings. The van der Waals surface area contributed by atoms with Gasteiger partial charge in [0.25, 0.3) is 5.91 Å². The summed E-state index contributed by atoms with van der Waals surface area (Å²) in [6, 6.07) is 3.09. The van der Waals surface area contributed by atoms with E-state index in [1.54, 1.807) is 6.92 Å².